The molecule has 2 saturated heterocycles. The predicted molar refractivity (Wildman–Crippen MR) is 246 cm³/mol. The number of hydrogen-bond acceptors (Lipinski definition) is 12. The Hall–Kier alpha value is -4.70. The lowest BCUT2D eigenvalue weighted by Crippen LogP contribution is -2.61. The average molecular weight is 878 g/mol. The summed E-state index contributed by atoms with van der Waals surface area (Å²) in [7, 11) is 1.73. The van der Waals surface area contributed by atoms with Gasteiger partial charge in [0.25, 0.3) is 5.91 Å². The normalized spacial score (nSPS) is 25.0. The molecule has 2 aliphatic carbocycles. The van der Waals surface area contributed by atoms with E-state index in [2.05, 4.69) is 77.1 Å². The number of pyridine rings is 1. The summed E-state index contributed by atoms with van der Waals surface area (Å²) in [5.74, 6) is -1.40. The fourth-order valence-electron chi connectivity index (χ4n) is 10.2. The highest BCUT2D eigenvalue weighted by Crippen LogP contribution is 2.43. The van der Waals surface area contributed by atoms with Gasteiger partial charge in [-0.1, -0.05) is 19.9 Å². The van der Waals surface area contributed by atoms with E-state index in [0.717, 1.165) is 101 Å². The zero-order valence-electron chi connectivity index (χ0n) is 37.7. The van der Waals surface area contributed by atoms with Gasteiger partial charge in [0.15, 0.2) is 0 Å². The first-order chi connectivity index (χ1) is 30.3. The molecule has 1 aromatic carbocycles. The third kappa shape index (κ3) is 8.78. The van der Waals surface area contributed by atoms with Crippen molar-refractivity contribution in [2.45, 2.75) is 117 Å². The van der Waals surface area contributed by atoms with Gasteiger partial charge in [0.05, 0.1) is 46.7 Å². The first-order valence-electron chi connectivity index (χ1n) is 23.0. The second-order valence-corrected chi connectivity index (χ2v) is 20.1. The molecular formula is C48H63N9O5S. The summed E-state index contributed by atoms with van der Waals surface area (Å²) in [6, 6.07) is 7.99. The Morgan fingerprint density at radius 3 is 2.56 bits per heavy atom. The van der Waals surface area contributed by atoms with Gasteiger partial charge in [0, 0.05) is 109 Å². The molecule has 3 aromatic heterocycles. The van der Waals surface area contributed by atoms with Crippen molar-refractivity contribution in [3.05, 3.63) is 52.1 Å². The Balaban J connectivity index is 1.14. The fourth-order valence-corrected chi connectivity index (χ4v) is 11.0. The first kappa shape index (κ1) is 43.5. The number of anilines is 1. The number of carbonyl (C=O) groups excluding carboxylic acids is 3. The number of carbonyl (C=O) groups is 3. The van der Waals surface area contributed by atoms with Crippen molar-refractivity contribution >= 4 is 51.4 Å². The molecule has 336 valence electrons. The molecule has 5 atom stereocenters. The standard InChI is InChI=1S/C48H63N9O5S/c1-7-56-41-15-10-30-21-35(41)37(44(56)36-22-32(25-50-43(36)29(3)61-6)55-19-17-54(18-20-55)31-11-12-31)24-48(4,5)27-62-47(60)38-9-8-16-57(53-38)46(59)39(23-42-51-40(30)26-63-42)52-45(58)34-14-13-33(34)28(2)49/h10,15,21-22,25-26,29,31,33-34,38-39,49,53H,7-9,11-14,16-20,23-24,27H2,1-6H3,(H,52,58)/t29-,33+,34-,38-,39?/m0/s1. The van der Waals surface area contributed by atoms with E-state index in [9.17, 15) is 14.4 Å². The maximum Gasteiger partial charge on any atom is 0.324 e. The van der Waals surface area contributed by atoms with E-state index in [-0.39, 0.29) is 42.8 Å². The van der Waals surface area contributed by atoms with Crippen molar-refractivity contribution in [2.75, 3.05) is 51.3 Å². The Morgan fingerprint density at radius 2 is 1.86 bits per heavy atom. The Bertz CT molecular complexity index is 2400. The zero-order chi connectivity index (χ0) is 44.2. The summed E-state index contributed by atoms with van der Waals surface area (Å²) in [4.78, 5) is 57.3. The summed E-state index contributed by atoms with van der Waals surface area (Å²) in [6.45, 7) is 15.6. The molecule has 1 unspecified atom stereocenters. The molecular weight excluding hydrogens is 815 g/mol. The molecule has 15 heteroatoms. The van der Waals surface area contributed by atoms with E-state index in [4.69, 9.17) is 24.9 Å². The van der Waals surface area contributed by atoms with Crippen molar-refractivity contribution in [2.24, 2.45) is 17.3 Å². The van der Waals surface area contributed by atoms with Crippen LogP contribution in [0.5, 0.6) is 0 Å². The van der Waals surface area contributed by atoms with Crippen LogP contribution in [-0.4, -0.2) is 113 Å². The molecule has 5 aliphatic rings. The lowest BCUT2D eigenvalue weighted by atomic mass is 9.71. The van der Waals surface area contributed by atoms with Gasteiger partial charge in [0.1, 0.15) is 12.1 Å². The fraction of sp³-hybridized carbons (Fsp3) is 0.583. The van der Waals surface area contributed by atoms with Crippen molar-refractivity contribution in [1.29, 1.82) is 5.41 Å². The summed E-state index contributed by atoms with van der Waals surface area (Å²) >= 11 is 1.47. The van der Waals surface area contributed by atoms with Crippen molar-refractivity contribution in [1.82, 2.24) is 35.2 Å². The van der Waals surface area contributed by atoms with E-state index >= 15 is 0 Å². The van der Waals surface area contributed by atoms with Crippen LogP contribution in [0, 0.1) is 22.7 Å². The van der Waals surface area contributed by atoms with Gasteiger partial charge in [-0.25, -0.2) is 10.4 Å². The number of nitrogens with zero attached hydrogens (tertiary/aromatic N) is 6. The molecule has 4 fully saturated rings. The number of fused-ring (bicyclic) bond motifs is 6. The van der Waals surface area contributed by atoms with Gasteiger partial charge in [-0.2, -0.15) is 0 Å². The topological polar surface area (TPSA) is 158 Å². The summed E-state index contributed by atoms with van der Waals surface area (Å²) < 4.78 is 14.6. The molecule has 3 N–H and O–H groups in total. The number of nitrogens with one attached hydrogen (secondary N) is 3. The van der Waals surface area contributed by atoms with Crippen LogP contribution in [0.1, 0.15) is 95.5 Å². The second-order valence-electron chi connectivity index (χ2n) is 19.2. The van der Waals surface area contributed by atoms with Crippen molar-refractivity contribution < 1.29 is 23.9 Å². The van der Waals surface area contributed by atoms with Crippen molar-refractivity contribution in [3.8, 4) is 22.5 Å². The van der Waals surface area contributed by atoms with Crippen LogP contribution >= 0.6 is 11.3 Å². The van der Waals surface area contributed by atoms with Crippen LogP contribution in [0.25, 0.3) is 33.4 Å². The van der Waals surface area contributed by atoms with Gasteiger partial charge in [-0.3, -0.25) is 29.3 Å². The summed E-state index contributed by atoms with van der Waals surface area (Å²) in [5, 5.41) is 16.6. The van der Waals surface area contributed by atoms with Crippen LogP contribution in [0.3, 0.4) is 0 Å². The highest BCUT2D eigenvalue weighted by molar-refractivity contribution is 7.10. The number of aromatic nitrogens is 3. The van der Waals surface area contributed by atoms with Gasteiger partial charge < -0.3 is 29.7 Å². The number of amides is 2. The third-order valence-corrected chi connectivity index (χ3v) is 15.0. The number of thiazole rings is 1. The minimum atomic E-state index is -0.908. The number of cyclic esters (lactones) is 1. The van der Waals surface area contributed by atoms with Gasteiger partial charge in [-0.05, 0) is 89.5 Å². The van der Waals surface area contributed by atoms with E-state index in [0.29, 0.717) is 37.9 Å². The third-order valence-electron chi connectivity index (χ3n) is 14.1. The molecule has 4 aromatic rings. The molecule has 63 heavy (non-hydrogen) atoms. The van der Waals surface area contributed by atoms with E-state index in [1.54, 1.807) is 14.0 Å². The summed E-state index contributed by atoms with van der Waals surface area (Å²) in [6.07, 6.45) is 7.78. The van der Waals surface area contributed by atoms with Crippen LogP contribution < -0.4 is 15.6 Å². The van der Waals surface area contributed by atoms with Crippen LogP contribution in [0.4, 0.5) is 5.69 Å². The zero-order valence-corrected chi connectivity index (χ0v) is 38.5. The van der Waals surface area contributed by atoms with E-state index in [1.807, 2.05) is 11.6 Å². The molecule has 2 amide bonds. The minimum absolute atomic E-state index is 0.117. The van der Waals surface area contributed by atoms with Crippen LogP contribution in [0.15, 0.2) is 35.8 Å². The number of aryl methyl sites for hydroxylation is 1. The maximum absolute atomic E-state index is 14.3. The number of hydrazine groups is 1. The van der Waals surface area contributed by atoms with Crippen LogP contribution in [0.2, 0.25) is 0 Å². The Morgan fingerprint density at radius 1 is 1.08 bits per heavy atom. The first-order valence-corrected chi connectivity index (χ1v) is 23.9. The van der Waals surface area contributed by atoms with Gasteiger partial charge >= 0.3 is 5.97 Å². The molecule has 6 heterocycles. The molecule has 0 radical (unpaired) electrons. The largest absolute Gasteiger partial charge is 0.464 e. The van der Waals surface area contributed by atoms with Crippen molar-refractivity contribution in [3.63, 3.8) is 0 Å². The molecule has 14 nitrogen and oxygen atoms in total. The highest BCUT2D eigenvalue weighted by Gasteiger charge is 2.41. The van der Waals surface area contributed by atoms with Crippen LogP contribution in [-0.2, 0) is 43.2 Å². The number of benzene rings is 1. The Kier molecular flexibility index (Phi) is 12.2. The lowest BCUT2D eigenvalue weighted by molar-refractivity contribution is -0.155. The summed E-state index contributed by atoms with van der Waals surface area (Å²) in [5.41, 5.74) is 11.3. The smallest absolute Gasteiger partial charge is 0.324 e. The quantitative estimate of drug-likeness (QED) is 0.124. The maximum atomic E-state index is 14.3. The molecule has 3 aliphatic heterocycles. The van der Waals surface area contributed by atoms with E-state index < -0.39 is 23.5 Å². The molecule has 0 spiro atoms. The number of rotatable bonds is 9. The Labute approximate surface area is 374 Å². The second kappa shape index (κ2) is 17.7. The minimum Gasteiger partial charge on any atom is -0.464 e. The van der Waals surface area contributed by atoms with E-state index in [1.165, 1.54) is 29.2 Å². The SMILES string of the molecule is CCn1c(-c2cc(N3CCN(C4CC4)CC3)cnc2[C@H](C)OC)c2c3cc(ccc31)-c1csc(n1)CC(NC(=O)[C@H]1CC[C@@H]1C(C)=N)C(=O)N1CCC[C@H](N1)C(=O)OCC(C)(C)C2. The monoisotopic (exact) mass is 877 g/mol. The number of ether oxygens (including phenoxy) is 2. The molecule has 9 rings (SSSR count). The highest BCUT2D eigenvalue weighted by atomic mass is 32.1. The number of methoxy groups -OCH3 is 1. The molecule has 2 saturated carbocycles. The number of esters is 1. The predicted octanol–water partition coefficient (Wildman–Crippen LogP) is 6.55. The number of piperazine rings is 1. The van der Waals surface area contributed by atoms with Gasteiger partial charge in [0.2, 0.25) is 5.91 Å². The van der Waals surface area contributed by atoms with Gasteiger partial charge in [-0.15, -0.1) is 11.3 Å². The lowest BCUT2D eigenvalue weighted by Gasteiger charge is -2.38. The number of hydrogen-bond donors (Lipinski definition) is 3. The molecule has 6 bridgehead atoms. The average Bonchev–Trinajstić information content (AvgIpc) is 3.94.